The highest BCUT2D eigenvalue weighted by atomic mass is 32.2. The first-order valence-electron chi connectivity index (χ1n) is 7.68. The lowest BCUT2D eigenvalue weighted by atomic mass is 9.74. The second kappa shape index (κ2) is 5.88. The van der Waals surface area contributed by atoms with Crippen LogP contribution in [-0.4, -0.2) is 18.8 Å². The third kappa shape index (κ3) is 2.71. The van der Waals surface area contributed by atoms with Crippen LogP contribution in [0, 0.1) is 11.8 Å². The maximum absolute atomic E-state index is 3.66. The Balaban J connectivity index is 1.80. The molecule has 1 aliphatic carbocycles. The highest BCUT2D eigenvalue weighted by molar-refractivity contribution is 7.99. The average molecular weight is 275 g/mol. The zero-order valence-electron chi connectivity index (χ0n) is 12.1. The third-order valence-electron chi connectivity index (χ3n) is 4.99. The van der Waals surface area contributed by atoms with Crippen LogP contribution in [0.2, 0.25) is 0 Å². The third-order valence-corrected chi connectivity index (χ3v) is 6.20. The van der Waals surface area contributed by atoms with Crippen LogP contribution in [0.1, 0.15) is 44.1 Å². The molecule has 0 bridgehead atoms. The average Bonchev–Trinajstić information content (AvgIpc) is 2.84. The number of rotatable bonds is 3. The highest BCUT2D eigenvalue weighted by Gasteiger charge is 2.35. The second-order valence-electron chi connectivity index (χ2n) is 6.30. The summed E-state index contributed by atoms with van der Waals surface area (Å²) in [5.41, 5.74) is 1.59. The zero-order chi connectivity index (χ0) is 13.2. The van der Waals surface area contributed by atoms with Gasteiger partial charge < -0.3 is 5.32 Å². The second-order valence-corrected chi connectivity index (χ2v) is 7.36. The standard InChI is InChI=1S/C17H25NS/c1-12-6-5-7-13(10-12)17(18-2)15-11-19-16-9-4-3-8-14(15)16/h3-4,8-9,12-13,15,17-18H,5-7,10-11H2,1-2H3. The Morgan fingerprint density at radius 3 is 2.89 bits per heavy atom. The molecule has 0 aromatic heterocycles. The molecule has 19 heavy (non-hydrogen) atoms. The SMILES string of the molecule is CNC(C1CCCC(C)C1)C1CSc2ccccc21. The van der Waals surface area contributed by atoms with Crippen molar-refractivity contribution in [3.63, 3.8) is 0 Å². The first kappa shape index (κ1) is 13.5. The molecule has 1 aromatic rings. The minimum Gasteiger partial charge on any atom is -0.316 e. The van der Waals surface area contributed by atoms with E-state index >= 15 is 0 Å². The first-order chi connectivity index (χ1) is 9.29. The smallest absolute Gasteiger partial charge is 0.0170 e. The van der Waals surface area contributed by atoms with Gasteiger partial charge in [0.25, 0.3) is 0 Å². The van der Waals surface area contributed by atoms with Gasteiger partial charge >= 0.3 is 0 Å². The van der Waals surface area contributed by atoms with Gasteiger partial charge in [-0.2, -0.15) is 0 Å². The summed E-state index contributed by atoms with van der Waals surface area (Å²) in [7, 11) is 2.16. The molecule has 0 radical (unpaired) electrons. The summed E-state index contributed by atoms with van der Waals surface area (Å²) in [6.45, 7) is 2.43. The molecule has 1 heterocycles. The molecule has 4 unspecified atom stereocenters. The van der Waals surface area contributed by atoms with Crippen LogP contribution in [0.25, 0.3) is 0 Å². The molecule has 0 spiro atoms. The van der Waals surface area contributed by atoms with Crippen LogP contribution in [0.4, 0.5) is 0 Å². The van der Waals surface area contributed by atoms with Crippen LogP contribution in [0.5, 0.6) is 0 Å². The fraction of sp³-hybridized carbons (Fsp3) is 0.647. The van der Waals surface area contributed by atoms with Gasteiger partial charge in [0.2, 0.25) is 0 Å². The van der Waals surface area contributed by atoms with E-state index in [-0.39, 0.29) is 0 Å². The number of likely N-dealkylation sites (N-methyl/N-ethyl adjacent to an activating group) is 1. The highest BCUT2D eigenvalue weighted by Crippen LogP contribution is 2.45. The Hall–Kier alpha value is -0.470. The van der Waals surface area contributed by atoms with Crippen molar-refractivity contribution in [3.8, 4) is 0 Å². The van der Waals surface area contributed by atoms with E-state index in [1.807, 2.05) is 11.8 Å². The molecule has 2 heteroatoms. The maximum Gasteiger partial charge on any atom is 0.0170 e. The molecule has 1 nitrogen and oxygen atoms in total. The Bertz CT molecular complexity index is 431. The lowest BCUT2D eigenvalue weighted by molar-refractivity contribution is 0.213. The number of fused-ring (bicyclic) bond motifs is 1. The normalized spacial score (nSPS) is 32.0. The summed E-state index contributed by atoms with van der Waals surface area (Å²) in [5, 5.41) is 3.66. The number of thioether (sulfide) groups is 1. The van der Waals surface area contributed by atoms with E-state index in [0.717, 1.165) is 11.8 Å². The molecule has 104 valence electrons. The van der Waals surface area contributed by atoms with Crippen LogP contribution in [0.15, 0.2) is 29.2 Å². The van der Waals surface area contributed by atoms with Crippen molar-refractivity contribution in [1.82, 2.24) is 5.32 Å². The Labute approximate surface area is 121 Å². The molecule has 4 atom stereocenters. The van der Waals surface area contributed by atoms with Crippen LogP contribution in [-0.2, 0) is 0 Å². The van der Waals surface area contributed by atoms with Gasteiger partial charge in [-0.25, -0.2) is 0 Å². The molecule has 0 amide bonds. The molecule has 1 N–H and O–H groups in total. The molecule has 1 fully saturated rings. The largest absolute Gasteiger partial charge is 0.316 e. The van der Waals surface area contributed by atoms with Gasteiger partial charge in [0, 0.05) is 22.6 Å². The number of hydrogen-bond donors (Lipinski definition) is 1. The topological polar surface area (TPSA) is 12.0 Å². The van der Waals surface area contributed by atoms with Crippen molar-refractivity contribution >= 4 is 11.8 Å². The number of nitrogens with one attached hydrogen (secondary N) is 1. The van der Waals surface area contributed by atoms with Crippen molar-refractivity contribution in [3.05, 3.63) is 29.8 Å². The summed E-state index contributed by atoms with van der Waals surface area (Å²) in [6, 6.07) is 9.67. The van der Waals surface area contributed by atoms with Crippen molar-refractivity contribution < 1.29 is 0 Å². The Morgan fingerprint density at radius 2 is 2.11 bits per heavy atom. The van der Waals surface area contributed by atoms with Gasteiger partial charge in [0.15, 0.2) is 0 Å². The zero-order valence-corrected chi connectivity index (χ0v) is 12.9. The van der Waals surface area contributed by atoms with E-state index in [0.29, 0.717) is 12.0 Å². The quantitative estimate of drug-likeness (QED) is 0.883. The Kier molecular flexibility index (Phi) is 4.18. The summed E-state index contributed by atoms with van der Waals surface area (Å²) in [6.07, 6.45) is 5.68. The summed E-state index contributed by atoms with van der Waals surface area (Å²) in [4.78, 5) is 1.51. The lowest BCUT2D eigenvalue weighted by Crippen LogP contribution is -2.41. The molecule has 1 aromatic carbocycles. The van der Waals surface area contributed by atoms with Gasteiger partial charge in [0.1, 0.15) is 0 Å². The van der Waals surface area contributed by atoms with Gasteiger partial charge in [-0.1, -0.05) is 38.0 Å². The molecule has 1 saturated carbocycles. The van der Waals surface area contributed by atoms with E-state index in [1.54, 1.807) is 5.56 Å². The summed E-state index contributed by atoms with van der Waals surface area (Å²) < 4.78 is 0. The maximum atomic E-state index is 3.66. The predicted octanol–water partition coefficient (Wildman–Crippen LogP) is 4.29. The van der Waals surface area contributed by atoms with Gasteiger partial charge in [0.05, 0.1) is 0 Å². The van der Waals surface area contributed by atoms with Crippen LogP contribution >= 0.6 is 11.8 Å². The van der Waals surface area contributed by atoms with Crippen molar-refractivity contribution in [2.75, 3.05) is 12.8 Å². The monoisotopic (exact) mass is 275 g/mol. The fourth-order valence-electron chi connectivity index (χ4n) is 4.06. The lowest BCUT2D eigenvalue weighted by Gasteiger charge is -2.36. The first-order valence-corrected chi connectivity index (χ1v) is 8.67. The van der Waals surface area contributed by atoms with Crippen molar-refractivity contribution in [2.45, 2.75) is 49.5 Å². The molecule has 2 aliphatic rings. The van der Waals surface area contributed by atoms with E-state index in [1.165, 1.54) is 36.3 Å². The number of hydrogen-bond acceptors (Lipinski definition) is 2. The minimum absolute atomic E-state index is 0.666. The van der Waals surface area contributed by atoms with Crippen LogP contribution < -0.4 is 5.32 Å². The van der Waals surface area contributed by atoms with E-state index in [9.17, 15) is 0 Å². The molecule has 3 rings (SSSR count). The molecular weight excluding hydrogens is 250 g/mol. The van der Waals surface area contributed by atoms with Crippen LogP contribution in [0.3, 0.4) is 0 Å². The predicted molar refractivity (Wildman–Crippen MR) is 83.9 cm³/mol. The fourth-order valence-corrected chi connectivity index (χ4v) is 5.36. The summed E-state index contributed by atoms with van der Waals surface area (Å²) >= 11 is 2.04. The van der Waals surface area contributed by atoms with Crippen molar-refractivity contribution in [1.29, 1.82) is 0 Å². The van der Waals surface area contributed by atoms with Crippen molar-refractivity contribution in [2.24, 2.45) is 11.8 Å². The molecule has 1 aliphatic heterocycles. The molecular formula is C17H25NS. The van der Waals surface area contributed by atoms with E-state index in [2.05, 4.69) is 43.6 Å². The van der Waals surface area contributed by atoms with Gasteiger partial charge in [-0.05, 0) is 43.4 Å². The van der Waals surface area contributed by atoms with E-state index < -0.39 is 0 Å². The number of benzene rings is 1. The van der Waals surface area contributed by atoms with Gasteiger partial charge in [-0.15, -0.1) is 11.8 Å². The summed E-state index contributed by atoms with van der Waals surface area (Å²) in [5.74, 6) is 3.75. The van der Waals surface area contributed by atoms with Gasteiger partial charge in [-0.3, -0.25) is 0 Å². The molecule has 0 saturated heterocycles. The Morgan fingerprint density at radius 1 is 1.26 bits per heavy atom. The van der Waals surface area contributed by atoms with E-state index in [4.69, 9.17) is 0 Å². The minimum atomic E-state index is 0.666.